The van der Waals surface area contributed by atoms with Crippen molar-refractivity contribution >= 4 is 27.3 Å². The third-order valence-corrected chi connectivity index (χ3v) is 7.28. The Morgan fingerprint density at radius 3 is 2.61 bits per heavy atom. The zero-order valence-corrected chi connectivity index (χ0v) is 15.3. The number of hydrogen-bond acceptors (Lipinski definition) is 5. The quantitative estimate of drug-likeness (QED) is 0.803. The molecule has 0 bridgehead atoms. The third-order valence-electron chi connectivity index (χ3n) is 4.25. The van der Waals surface area contributed by atoms with Crippen molar-refractivity contribution < 1.29 is 13.2 Å². The maximum Gasteiger partial charge on any atom is 0.258 e. The largest absolute Gasteiger partial charge is 0.365 e. The standard InChI is InChI=1S/C15H25N3O3S2/c1-3-4-7-18(12-5-8-17(2)9-6-12)23(20,21)13-10-14(15(16)19)22-11-13/h10-12H,3-9H2,1-2H3,(H2,16,19). The zero-order valence-electron chi connectivity index (χ0n) is 13.7. The molecule has 0 radical (unpaired) electrons. The molecule has 1 amide bonds. The Hall–Kier alpha value is -0.960. The van der Waals surface area contributed by atoms with Crippen molar-refractivity contribution in [1.29, 1.82) is 0 Å². The lowest BCUT2D eigenvalue weighted by atomic mass is 10.1. The Morgan fingerprint density at radius 1 is 1.43 bits per heavy atom. The Labute approximate surface area is 142 Å². The number of nitrogens with zero attached hydrogens (tertiary/aromatic N) is 2. The molecule has 0 saturated carbocycles. The number of hydrogen-bond donors (Lipinski definition) is 1. The fraction of sp³-hybridized carbons (Fsp3) is 0.667. The summed E-state index contributed by atoms with van der Waals surface area (Å²) in [7, 11) is -1.53. The number of unbranched alkanes of at least 4 members (excludes halogenated alkanes) is 1. The van der Waals surface area contributed by atoms with Gasteiger partial charge < -0.3 is 10.6 Å². The molecule has 0 unspecified atom stereocenters. The van der Waals surface area contributed by atoms with Crippen LogP contribution in [-0.2, 0) is 10.0 Å². The van der Waals surface area contributed by atoms with E-state index < -0.39 is 15.9 Å². The number of piperidine rings is 1. The van der Waals surface area contributed by atoms with Crippen LogP contribution >= 0.6 is 11.3 Å². The molecule has 1 aliphatic rings. The maximum atomic E-state index is 13.0. The lowest BCUT2D eigenvalue weighted by molar-refractivity contribution is 0.100. The number of nitrogens with two attached hydrogens (primary N) is 1. The molecule has 2 heterocycles. The summed E-state index contributed by atoms with van der Waals surface area (Å²) in [6, 6.07) is 1.43. The van der Waals surface area contributed by atoms with E-state index >= 15 is 0 Å². The molecule has 8 heteroatoms. The van der Waals surface area contributed by atoms with Gasteiger partial charge in [-0.15, -0.1) is 11.3 Å². The Bertz CT molecular complexity index is 634. The lowest BCUT2D eigenvalue weighted by Crippen LogP contribution is -2.46. The second-order valence-electron chi connectivity index (χ2n) is 6.01. The average Bonchev–Trinajstić information content (AvgIpc) is 3.00. The van der Waals surface area contributed by atoms with Crippen molar-refractivity contribution in [2.24, 2.45) is 5.73 Å². The average molecular weight is 360 g/mol. The molecule has 130 valence electrons. The van der Waals surface area contributed by atoms with E-state index in [0.29, 0.717) is 6.54 Å². The van der Waals surface area contributed by atoms with Gasteiger partial charge in [-0.2, -0.15) is 4.31 Å². The Balaban J connectivity index is 2.26. The van der Waals surface area contributed by atoms with E-state index in [0.717, 1.165) is 50.1 Å². The van der Waals surface area contributed by atoms with Gasteiger partial charge >= 0.3 is 0 Å². The van der Waals surface area contributed by atoms with Gasteiger partial charge in [0.1, 0.15) is 0 Å². The SMILES string of the molecule is CCCCN(C1CCN(C)CC1)S(=O)(=O)c1csc(C(N)=O)c1. The second-order valence-corrected chi connectivity index (χ2v) is 8.82. The van der Waals surface area contributed by atoms with Crippen molar-refractivity contribution in [2.45, 2.75) is 43.5 Å². The molecule has 2 rings (SSSR count). The van der Waals surface area contributed by atoms with Crippen LogP contribution in [0.1, 0.15) is 42.3 Å². The number of carbonyl (C=O) groups excluding carboxylic acids is 1. The van der Waals surface area contributed by atoms with Crippen LogP contribution in [0.2, 0.25) is 0 Å². The van der Waals surface area contributed by atoms with Crippen LogP contribution in [0.5, 0.6) is 0 Å². The van der Waals surface area contributed by atoms with Crippen LogP contribution in [-0.4, -0.2) is 56.3 Å². The molecule has 23 heavy (non-hydrogen) atoms. The molecule has 1 aromatic rings. The van der Waals surface area contributed by atoms with Gasteiger partial charge in [0.15, 0.2) is 0 Å². The molecule has 6 nitrogen and oxygen atoms in total. The summed E-state index contributed by atoms with van der Waals surface area (Å²) in [4.78, 5) is 13.9. The smallest absolute Gasteiger partial charge is 0.258 e. The predicted octanol–water partition coefficient (Wildman–Crippen LogP) is 1.73. The fourth-order valence-electron chi connectivity index (χ4n) is 2.81. The molecule has 1 fully saturated rings. The number of likely N-dealkylation sites (tertiary alicyclic amines) is 1. The van der Waals surface area contributed by atoms with Crippen LogP contribution in [0.25, 0.3) is 0 Å². The van der Waals surface area contributed by atoms with Gasteiger partial charge in [0, 0.05) is 18.0 Å². The zero-order chi connectivity index (χ0) is 17.0. The maximum absolute atomic E-state index is 13.0. The minimum Gasteiger partial charge on any atom is -0.365 e. The van der Waals surface area contributed by atoms with Gasteiger partial charge in [-0.1, -0.05) is 13.3 Å². The van der Waals surface area contributed by atoms with E-state index in [9.17, 15) is 13.2 Å². The molecule has 0 aromatic carbocycles. The number of sulfonamides is 1. The first kappa shape index (κ1) is 18.4. The highest BCUT2D eigenvalue weighted by Crippen LogP contribution is 2.27. The van der Waals surface area contributed by atoms with Crippen molar-refractivity contribution in [1.82, 2.24) is 9.21 Å². The topological polar surface area (TPSA) is 83.7 Å². The van der Waals surface area contributed by atoms with Gasteiger partial charge in [-0.3, -0.25) is 4.79 Å². The summed E-state index contributed by atoms with van der Waals surface area (Å²) in [5.74, 6) is -0.587. The van der Waals surface area contributed by atoms with Gasteiger partial charge in [0.2, 0.25) is 10.0 Å². The monoisotopic (exact) mass is 359 g/mol. The van der Waals surface area contributed by atoms with Crippen molar-refractivity contribution in [3.63, 3.8) is 0 Å². The summed E-state index contributed by atoms with van der Waals surface area (Å²) in [6.45, 7) is 4.38. The molecular formula is C15H25N3O3S2. The number of rotatable bonds is 7. The molecule has 0 atom stereocenters. The van der Waals surface area contributed by atoms with E-state index in [1.165, 1.54) is 11.4 Å². The highest BCUT2D eigenvalue weighted by molar-refractivity contribution is 7.89. The molecular weight excluding hydrogens is 334 g/mol. The summed E-state index contributed by atoms with van der Waals surface area (Å²) in [5.41, 5.74) is 5.24. The Morgan fingerprint density at radius 2 is 2.09 bits per heavy atom. The fourth-order valence-corrected chi connectivity index (χ4v) is 5.65. The molecule has 2 N–H and O–H groups in total. The number of thiophene rings is 1. The summed E-state index contributed by atoms with van der Waals surface area (Å²) in [5, 5.41) is 1.52. The van der Waals surface area contributed by atoms with E-state index in [2.05, 4.69) is 18.9 Å². The number of carbonyl (C=O) groups is 1. The number of primary amides is 1. The molecule has 1 saturated heterocycles. The van der Waals surface area contributed by atoms with Crippen LogP contribution in [0.15, 0.2) is 16.3 Å². The minimum absolute atomic E-state index is 0.0275. The highest BCUT2D eigenvalue weighted by atomic mass is 32.2. The van der Waals surface area contributed by atoms with E-state index in [4.69, 9.17) is 5.73 Å². The normalized spacial score (nSPS) is 17.7. The second kappa shape index (κ2) is 7.74. The first-order chi connectivity index (χ1) is 10.9. The Kier molecular flexibility index (Phi) is 6.19. The van der Waals surface area contributed by atoms with Crippen LogP contribution in [0.3, 0.4) is 0 Å². The van der Waals surface area contributed by atoms with Gasteiger partial charge in [0.25, 0.3) is 5.91 Å². The third kappa shape index (κ3) is 4.32. The van der Waals surface area contributed by atoms with E-state index in [-0.39, 0.29) is 15.8 Å². The van der Waals surface area contributed by atoms with Crippen molar-refractivity contribution in [3.05, 3.63) is 16.3 Å². The van der Waals surface area contributed by atoms with Crippen LogP contribution in [0.4, 0.5) is 0 Å². The first-order valence-corrected chi connectivity index (χ1v) is 10.3. The molecule has 1 aromatic heterocycles. The van der Waals surface area contributed by atoms with Gasteiger partial charge in [0.05, 0.1) is 9.77 Å². The molecule has 1 aliphatic heterocycles. The lowest BCUT2D eigenvalue weighted by Gasteiger charge is -2.36. The van der Waals surface area contributed by atoms with Crippen molar-refractivity contribution in [2.75, 3.05) is 26.7 Å². The van der Waals surface area contributed by atoms with E-state index in [1.807, 2.05) is 0 Å². The summed E-state index contributed by atoms with van der Waals surface area (Å²) < 4.78 is 27.7. The molecule has 0 aliphatic carbocycles. The first-order valence-electron chi connectivity index (χ1n) is 7.95. The summed E-state index contributed by atoms with van der Waals surface area (Å²) in [6.07, 6.45) is 3.45. The van der Waals surface area contributed by atoms with Crippen molar-refractivity contribution in [3.8, 4) is 0 Å². The van der Waals surface area contributed by atoms with Gasteiger partial charge in [-0.25, -0.2) is 8.42 Å². The number of amides is 1. The highest BCUT2D eigenvalue weighted by Gasteiger charge is 2.33. The van der Waals surface area contributed by atoms with E-state index in [1.54, 1.807) is 4.31 Å². The van der Waals surface area contributed by atoms with Crippen LogP contribution < -0.4 is 5.73 Å². The van der Waals surface area contributed by atoms with Gasteiger partial charge in [-0.05, 0) is 45.5 Å². The minimum atomic E-state index is -3.59. The van der Waals surface area contributed by atoms with Crippen LogP contribution in [0, 0.1) is 0 Å². The summed E-state index contributed by atoms with van der Waals surface area (Å²) >= 11 is 1.08. The predicted molar refractivity (Wildman–Crippen MR) is 92.2 cm³/mol. The molecule has 0 spiro atoms.